The molecule has 1 unspecified atom stereocenters. The standard InChI is InChI=1S/C26H28N2O3/c1-19(28(2)18-20-13-14-23-24(17-20)31-16-15-30-23)26(29)27-25(21-9-5-3-6-10-21)22-11-7-4-8-12-22/h3-14,17,19,25H,15-16,18H2,1-2H3,(H,27,29). The van der Waals surface area contributed by atoms with Crippen molar-refractivity contribution in [2.45, 2.75) is 25.6 Å². The number of hydrogen-bond acceptors (Lipinski definition) is 4. The molecule has 0 radical (unpaired) electrons. The first-order chi connectivity index (χ1) is 15.1. The van der Waals surface area contributed by atoms with Crippen molar-refractivity contribution in [1.29, 1.82) is 0 Å². The van der Waals surface area contributed by atoms with Gasteiger partial charge in [0.25, 0.3) is 0 Å². The Bertz CT molecular complexity index is 968. The molecule has 1 heterocycles. The van der Waals surface area contributed by atoms with Crippen LogP contribution in [0, 0.1) is 0 Å². The fourth-order valence-electron chi connectivity index (χ4n) is 3.72. The maximum atomic E-state index is 13.2. The lowest BCUT2D eigenvalue weighted by Gasteiger charge is -2.28. The van der Waals surface area contributed by atoms with Gasteiger partial charge in [-0.3, -0.25) is 9.69 Å². The van der Waals surface area contributed by atoms with Gasteiger partial charge in [-0.05, 0) is 42.8 Å². The highest BCUT2D eigenvalue weighted by Crippen LogP contribution is 2.31. The van der Waals surface area contributed by atoms with Crippen LogP contribution in [0.3, 0.4) is 0 Å². The van der Waals surface area contributed by atoms with Gasteiger partial charge in [-0.2, -0.15) is 0 Å². The van der Waals surface area contributed by atoms with Crippen LogP contribution in [0.5, 0.6) is 11.5 Å². The second kappa shape index (κ2) is 9.67. The van der Waals surface area contributed by atoms with E-state index in [0.29, 0.717) is 19.8 Å². The summed E-state index contributed by atoms with van der Waals surface area (Å²) >= 11 is 0. The maximum absolute atomic E-state index is 13.2. The van der Waals surface area contributed by atoms with Gasteiger partial charge in [-0.15, -0.1) is 0 Å². The van der Waals surface area contributed by atoms with E-state index in [1.807, 2.05) is 97.7 Å². The molecule has 3 aromatic rings. The number of nitrogens with one attached hydrogen (secondary N) is 1. The zero-order chi connectivity index (χ0) is 21.6. The molecule has 0 fully saturated rings. The van der Waals surface area contributed by atoms with E-state index < -0.39 is 0 Å². The second-order valence-corrected chi connectivity index (χ2v) is 7.83. The highest BCUT2D eigenvalue weighted by molar-refractivity contribution is 5.82. The number of fused-ring (bicyclic) bond motifs is 1. The molecule has 0 aliphatic carbocycles. The summed E-state index contributed by atoms with van der Waals surface area (Å²) < 4.78 is 11.3. The smallest absolute Gasteiger partial charge is 0.237 e. The van der Waals surface area contributed by atoms with Crippen LogP contribution in [0.4, 0.5) is 0 Å². The van der Waals surface area contributed by atoms with Crippen molar-refractivity contribution in [2.24, 2.45) is 0 Å². The zero-order valence-corrected chi connectivity index (χ0v) is 18.0. The van der Waals surface area contributed by atoms with E-state index in [2.05, 4.69) is 5.32 Å². The summed E-state index contributed by atoms with van der Waals surface area (Å²) in [5, 5.41) is 3.24. The number of carbonyl (C=O) groups is 1. The minimum Gasteiger partial charge on any atom is -0.486 e. The molecule has 5 nitrogen and oxygen atoms in total. The van der Waals surface area contributed by atoms with E-state index in [1.165, 1.54) is 0 Å². The highest BCUT2D eigenvalue weighted by Gasteiger charge is 2.23. The molecule has 31 heavy (non-hydrogen) atoms. The number of rotatable bonds is 7. The average Bonchev–Trinajstić information content (AvgIpc) is 2.83. The number of ether oxygens (including phenoxy) is 2. The van der Waals surface area contributed by atoms with Crippen molar-refractivity contribution in [1.82, 2.24) is 10.2 Å². The van der Waals surface area contributed by atoms with Gasteiger partial charge in [-0.1, -0.05) is 66.7 Å². The summed E-state index contributed by atoms with van der Waals surface area (Å²) in [7, 11) is 1.96. The van der Waals surface area contributed by atoms with Crippen molar-refractivity contribution in [3.63, 3.8) is 0 Å². The van der Waals surface area contributed by atoms with E-state index in [-0.39, 0.29) is 18.0 Å². The van der Waals surface area contributed by atoms with Gasteiger partial charge in [0, 0.05) is 6.54 Å². The largest absolute Gasteiger partial charge is 0.486 e. The van der Waals surface area contributed by atoms with Crippen molar-refractivity contribution in [2.75, 3.05) is 20.3 Å². The van der Waals surface area contributed by atoms with Crippen LogP contribution < -0.4 is 14.8 Å². The van der Waals surface area contributed by atoms with Crippen LogP contribution in [0.1, 0.15) is 29.7 Å². The third-order valence-electron chi connectivity index (χ3n) is 5.63. The van der Waals surface area contributed by atoms with E-state index in [0.717, 1.165) is 28.2 Å². The first-order valence-electron chi connectivity index (χ1n) is 10.6. The topological polar surface area (TPSA) is 50.8 Å². The fraction of sp³-hybridized carbons (Fsp3) is 0.269. The zero-order valence-electron chi connectivity index (χ0n) is 18.0. The predicted octanol–water partition coefficient (Wildman–Crippen LogP) is 4.18. The Morgan fingerprint density at radius 2 is 1.48 bits per heavy atom. The molecule has 0 saturated carbocycles. The van der Waals surface area contributed by atoms with Crippen LogP contribution in [0.15, 0.2) is 78.9 Å². The first-order valence-corrected chi connectivity index (χ1v) is 10.6. The van der Waals surface area contributed by atoms with Crippen molar-refractivity contribution in [3.8, 4) is 11.5 Å². The Balaban J connectivity index is 1.46. The SMILES string of the molecule is CC(C(=O)NC(c1ccccc1)c1ccccc1)N(C)Cc1ccc2c(c1)OCCO2. The number of amides is 1. The molecule has 3 aromatic carbocycles. The monoisotopic (exact) mass is 416 g/mol. The molecule has 1 atom stereocenters. The Morgan fingerprint density at radius 1 is 0.903 bits per heavy atom. The fourth-order valence-corrected chi connectivity index (χ4v) is 3.72. The third kappa shape index (κ3) is 5.06. The molecule has 0 spiro atoms. The molecule has 5 heteroatoms. The van der Waals surface area contributed by atoms with Crippen LogP contribution in [0.2, 0.25) is 0 Å². The van der Waals surface area contributed by atoms with Gasteiger partial charge in [0.2, 0.25) is 5.91 Å². The minimum atomic E-state index is -0.303. The summed E-state index contributed by atoms with van der Waals surface area (Å²) in [6.07, 6.45) is 0. The Hall–Kier alpha value is -3.31. The van der Waals surface area contributed by atoms with Gasteiger partial charge in [0.15, 0.2) is 11.5 Å². The number of benzene rings is 3. The second-order valence-electron chi connectivity index (χ2n) is 7.83. The lowest BCUT2D eigenvalue weighted by Crippen LogP contribution is -2.44. The first kappa shape index (κ1) is 20.9. The summed E-state index contributed by atoms with van der Waals surface area (Å²) in [5.41, 5.74) is 3.20. The number of likely N-dealkylation sites (N-methyl/N-ethyl adjacent to an activating group) is 1. The van der Waals surface area contributed by atoms with E-state index in [1.54, 1.807) is 0 Å². The van der Waals surface area contributed by atoms with Gasteiger partial charge in [0.1, 0.15) is 13.2 Å². The van der Waals surface area contributed by atoms with E-state index >= 15 is 0 Å². The van der Waals surface area contributed by atoms with Crippen LogP contribution >= 0.6 is 0 Å². The maximum Gasteiger partial charge on any atom is 0.237 e. The molecule has 0 bridgehead atoms. The molecule has 0 saturated heterocycles. The Morgan fingerprint density at radius 3 is 2.10 bits per heavy atom. The van der Waals surface area contributed by atoms with Crippen LogP contribution in [-0.2, 0) is 11.3 Å². The molecular formula is C26H28N2O3. The molecule has 160 valence electrons. The highest BCUT2D eigenvalue weighted by atomic mass is 16.6. The molecule has 1 aliphatic heterocycles. The van der Waals surface area contributed by atoms with Gasteiger partial charge >= 0.3 is 0 Å². The Labute approximate surface area is 183 Å². The summed E-state index contributed by atoms with van der Waals surface area (Å²) in [6.45, 7) is 3.70. The Kier molecular flexibility index (Phi) is 6.53. The summed E-state index contributed by atoms with van der Waals surface area (Å²) in [6, 6.07) is 25.6. The van der Waals surface area contributed by atoms with Gasteiger partial charge < -0.3 is 14.8 Å². The average molecular weight is 417 g/mol. The third-order valence-corrected chi connectivity index (χ3v) is 5.63. The van der Waals surface area contributed by atoms with E-state index in [4.69, 9.17) is 9.47 Å². The van der Waals surface area contributed by atoms with Crippen molar-refractivity contribution in [3.05, 3.63) is 95.6 Å². The van der Waals surface area contributed by atoms with Crippen LogP contribution in [0.25, 0.3) is 0 Å². The quantitative estimate of drug-likeness (QED) is 0.628. The van der Waals surface area contributed by atoms with Gasteiger partial charge in [0.05, 0.1) is 12.1 Å². The molecule has 1 amide bonds. The van der Waals surface area contributed by atoms with Crippen molar-refractivity contribution < 1.29 is 14.3 Å². The lowest BCUT2D eigenvalue weighted by molar-refractivity contribution is -0.126. The lowest BCUT2D eigenvalue weighted by atomic mass is 9.98. The predicted molar refractivity (Wildman–Crippen MR) is 121 cm³/mol. The van der Waals surface area contributed by atoms with Crippen molar-refractivity contribution >= 4 is 5.91 Å². The molecule has 0 aromatic heterocycles. The number of hydrogen-bond donors (Lipinski definition) is 1. The normalized spacial score (nSPS) is 13.8. The number of carbonyl (C=O) groups excluding carboxylic acids is 1. The summed E-state index contributed by atoms with van der Waals surface area (Å²) in [5.74, 6) is 1.53. The summed E-state index contributed by atoms with van der Waals surface area (Å²) in [4.78, 5) is 15.2. The molecule has 1 aliphatic rings. The minimum absolute atomic E-state index is 0.0160. The van der Waals surface area contributed by atoms with E-state index in [9.17, 15) is 4.79 Å². The van der Waals surface area contributed by atoms with Crippen LogP contribution in [-0.4, -0.2) is 37.1 Å². The molecule has 4 rings (SSSR count). The molecule has 1 N–H and O–H groups in total. The number of nitrogens with zero attached hydrogens (tertiary/aromatic N) is 1. The van der Waals surface area contributed by atoms with Gasteiger partial charge in [-0.25, -0.2) is 0 Å². The molecular weight excluding hydrogens is 388 g/mol.